The van der Waals surface area contributed by atoms with Crippen LogP contribution < -0.4 is 10.2 Å². The smallest absolute Gasteiger partial charge is 0.550 e. The molecule has 0 N–H and O–H groups in total. The number of allylic oxidation sites excluding steroid dienone is 2. The molecule has 0 fully saturated rings. The molecule has 0 aromatic heterocycles. The van der Waals surface area contributed by atoms with Crippen LogP contribution in [0.15, 0.2) is 24.8 Å². The molecule has 0 aromatic rings. The minimum Gasteiger partial charge on any atom is -0.550 e. The van der Waals surface area contributed by atoms with Gasteiger partial charge in [0.25, 0.3) is 0 Å². The van der Waals surface area contributed by atoms with Gasteiger partial charge >= 0.3 is 23.1 Å². The van der Waals surface area contributed by atoms with E-state index in [2.05, 4.69) is 25.7 Å². The third-order valence-electron chi connectivity index (χ3n) is 3.81. The Morgan fingerprint density at radius 3 is 1.54 bits per heavy atom. The van der Waals surface area contributed by atoms with Crippen LogP contribution >= 0.6 is 0 Å². The Bertz CT molecular complexity index is 354. The first kappa shape index (κ1) is 29.9. The largest absolute Gasteiger partial charge is 2.00 e. The Morgan fingerprint density at radius 1 is 0.769 bits per heavy atom. The summed E-state index contributed by atoms with van der Waals surface area (Å²) < 4.78 is 0. The average molecular weight is 377 g/mol. The summed E-state index contributed by atoms with van der Waals surface area (Å²) in [7, 11) is 0. The predicted molar refractivity (Wildman–Crippen MR) is 105 cm³/mol. The zero-order valence-corrected chi connectivity index (χ0v) is 18.1. The van der Waals surface area contributed by atoms with Gasteiger partial charge in [0.1, 0.15) is 0 Å². The van der Waals surface area contributed by atoms with Gasteiger partial charge in [-0.05, 0) is 44.6 Å². The fourth-order valence-corrected chi connectivity index (χ4v) is 2.34. The first-order valence-electron chi connectivity index (χ1n) is 9.72. The summed E-state index contributed by atoms with van der Waals surface area (Å²) in [5, 5.41) is 19.4. The molecule has 0 aliphatic rings. The number of hydrogen-bond donors (Lipinski definition) is 0. The molecule has 0 heterocycles. The van der Waals surface area contributed by atoms with Gasteiger partial charge in [0.05, 0.1) is 5.97 Å². The van der Waals surface area contributed by atoms with Crippen LogP contribution in [-0.4, -0.2) is 35.0 Å². The van der Waals surface area contributed by atoms with Gasteiger partial charge in [-0.25, -0.2) is 0 Å². The van der Waals surface area contributed by atoms with Gasteiger partial charge in [0, 0.05) is 5.97 Å². The van der Waals surface area contributed by atoms with E-state index in [0.717, 1.165) is 25.3 Å². The molecule has 0 aliphatic carbocycles. The number of carboxylic acid groups (broad SMARTS) is 2. The van der Waals surface area contributed by atoms with E-state index < -0.39 is 11.9 Å². The zero-order chi connectivity index (χ0) is 19.2. The summed E-state index contributed by atoms with van der Waals surface area (Å²) in [6.07, 6.45) is 21.6. The van der Waals surface area contributed by atoms with E-state index in [1.165, 1.54) is 64.2 Å². The van der Waals surface area contributed by atoms with Gasteiger partial charge in [-0.3, -0.25) is 0 Å². The van der Waals surface area contributed by atoms with Crippen molar-refractivity contribution in [1.82, 2.24) is 0 Å². The van der Waals surface area contributed by atoms with E-state index in [1.54, 1.807) is 0 Å². The van der Waals surface area contributed by atoms with Crippen molar-refractivity contribution in [1.29, 1.82) is 0 Å². The zero-order valence-electron chi connectivity index (χ0n) is 16.7. The van der Waals surface area contributed by atoms with E-state index in [4.69, 9.17) is 9.90 Å². The third-order valence-corrected chi connectivity index (χ3v) is 3.81. The van der Waals surface area contributed by atoms with Crippen LogP contribution in [-0.2, 0) is 9.59 Å². The Hall–Kier alpha value is -0.814. The van der Waals surface area contributed by atoms with Crippen LogP contribution in [0.3, 0.4) is 0 Å². The fourth-order valence-electron chi connectivity index (χ4n) is 2.34. The molecule has 0 spiro atoms. The van der Waals surface area contributed by atoms with Crippen molar-refractivity contribution >= 4 is 35.0 Å². The minimum absolute atomic E-state index is 0. The van der Waals surface area contributed by atoms with Crippen LogP contribution in [0.2, 0.25) is 0 Å². The summed E-state index contributed by atoms with van der Waals surface area (Å²) in [6.45, 7) is 5.15. The maximum absolute atomic E-state index is 10.2. The van der Waals surface area contributed by atoms with Gasteiger partial charge in [-0.1, -0.05) is 77.0 Å². The van der Waals surface area contributed by atoms with Gasteiger partial charge in [-0.2, -0.15) is 0 Å². The Kier molecular flexibility index (Phi) is 30.4. The Labute approximate surface area is 176 Å². The Balaban J connectivity index is -0.000000772. The molecule has 0 radical (unpaired) electrons. The molecule has 0 aliphatic heterocycles. The molecule has 0 unspecified atom stereocenters. The van der Waals surface area contributed by atoms with Gasteiger partial charge in [0.2, 0.25) is 0 Å². The minimum atomic E-state index is -1.23. The second-order valence-corrected chi connectivity index (χ2v) is 6.23. The summed E-state index contributed by atoms with van der Waals surface area (Å²) in [4.78, 5) is 19.4. The van der Waals surface area contributed by atoms with Gasteiger partial charge < -0.3 is 19.8 Å². The van der Waals surface area contributed by atoms with Crippen molar-refractivity contribution in [3.8, 4) is 0 Å². The molecule has 0 saturated carbocycles. The first-order valence-corrected chi connectivity index (χ1v) is 9.72. The second-order valence-electron chi connectivity index (χ2n) is 6.23. The van der Waals surface area contributed by atoms with Crippen LogP contribution in [0.1, 0.15) is 96.8 Å². The third kappa shape index (κ3) is 34.5. The summed E-state index contributed by atoms with van der Waals surface area (Å²) in [5.41, 5.74) is 0. The number of aliphatic carboxylic acids is 2. The molecule has 0 atom stereocenters. The monoisotopic (exact) mass is 376 g/mol. The molecule has 0 rings (SSSR count). The normalized spacial score (nSPS) is 9.88. The van der Waals surface area contributed by atoms with Crippen molar-refractivity contribution < 1.29 is 19.8 Å². The van der Waals surface area contributed by atoms with Crippen molar-refractivity contribution in [2.45, 2.75) is 96.8 Å². The topological polar surface area (TPSA) is 80.3 Å². The molecule has 0 saturated heterocycles. The number of hydrogen-bond acceptors (Lipinski definition) is 4. The molecule has 0 bridgehead atoms. The first-order chi connectivity index (χ1) is 12.0. The number of unbranched alkanes of at least 4 members (excludes halogenated alkanes) is 11. The van der Waals surface area contributed by atoms with E-state index in [-0.39, 0.29) is 29.5 Å². The van der Waals surface area contributed by atoms with Crippen LogP contribution in [0.4, 0.5) is 0 Å². The molecule has 0 aromatic carbocycles. The van der Waals surface area contributed by atoms with Crippen LogP contribution in [0, 0.1) is 0 Å². The Morgan fingerprint density at radius 2 is 1.15 bits per heavy atom. The quantitative estimate of drug-likeness (QED) is 0.179. The fraction of sp³-hybridized carbons (Fsp3) is 0.714. The molecule has 146 valence electrons. The second kappa shape index (κ2) is 26.4. The SMILES string of the molecule is C=CC(=O)[O-].CCCCCCCC/C=C\CCCCCCCC(=O)[O-].[Mg+2]. The van der Waals surface area contributed by atoms with E-state index in [0.29, 0.717) is 0 Å². The van der Waals surface area contributed by atoms with E-state index in [1.807, 2.05) is 0 Å². The van der Waals surface area contributed by atoms with E-state index >= 15 is 0 Å². The summed E-state index contributed by atoms with van der Waals surface area (Å²) >= 11 is 0. The predicted octanol–water partition coefficient (Wildman–Crippen LogP) is 3.32. The average Bonchev–Trinajstić information content (AvgIpc) is 2.58. The van der Waals surface area contributed by atoms with Crippen molar-refractivity contribution in [2.75, 3.05) is 0 Å². The molecule has 0 amide bonds. The standard InChI is InChI=1S/C18H34O2.C3H4O2.Mg/c1-2-3-4-5-6-7-8-9-10-11-12-13-14-15-16-17-18(19)20;1-2-3(4)5;/h9-10H,2-8,11-17H2,1H3,(H,19,20);2H,1H2,(H,4,5);/q;;+2/p-2/b10-9-;;. The number of carbonyl (C=O) groups is 2. The maximum atomic E-state index is 10.2. The molecular formula is C21H36MgO4. The summed E-state index contributed by atoms with van der Waals surface area (Å²) in [6, 6.07) is 0. The number of carboxylic acids is 2. The molecule has 5 heteroatoms. The molecule has 26 heavy (non-hydrogen) atoms. The van der Waals surface area contributed by atoms with Gasteiger partial charge in [0.15, 0.2) is 0 Å². The van der Waals surface area contributed by atoms with Crippen LogP contribution in [0.25, 0.3) is 0 Å². The number of carbonyl (C=O) groups excluding carboxylic acids is 2. The maximum Gasteiger partial charge on any atom is 2.00 e. The van der Waals surface area contributed by atoms with Crippen molar-refractivity contribution in [2.24, 2.45) is 0 Å². The van der Waals surface area contributed by atoms with Gasteiger partial charge in [-0.15, -0.1) is 0 Å². The van der Waals surface area contributed by atoms with Crippen molar-refractivity contribution in [3.63, 3.8) is 0 Å². The number of rotatable bonds is 16. The van der Waals surface area contributed by atoms with Crippen molar-refractivity contribution in [3.05, 3.63) is 24.8 Å². The molecular weight excluding hydrogens is 341 g/mol. The summed E-state index contributed by atoms with van der Waals surface area (Å²) in [5.74, 6) is -2.15. The van der Waals surface area contributed by atoms with E-state index in [9.17, 15) is 9.90 Å². The van der Waals surface area contributed by atoms with Crippen LogP contribution in [0.5, 0.6) is 0 Å². The molecule has 4 nitrogen and oxygen atoms in total.